The predicted molar refractivity (Wildman–Crippen MR) is 84.1 cm³/mol. The Morgan fingerprint density at radius 3 is 2.79 bits per heavy atom. The zero-order chi connectivity index (χ0) is 13.5. The number of aromatic nitrogens is 1. The van der Waals surface area contributed by atoms with Gasteiger partial charge in [0.15, 0.2) is 0 Å². The van der Waals surface area contributed by atoms with Crippen LogP contribution in [0.1, 0.15) is 56.2 Å². The van der Waals surface area contributed by atoms with Crippen LogP contribution in [0, 0.1) is 0 Å². The third-order valence-corrected chi connectivity index (χ3v) is 5.30. The second-order valence-corrected chi connectivity index (χ2v) is 6.60. The highest BCUT2D eigenvalue weighted by atomic mass is 35.5. The largest absolute Gasteiger partial charge is 0.301 e. The number of rotatable bonds is 8. The van der Waals surface area contributed by atoms with E-state index in [1.54, 1.807) is 11.3 Å². The Labute approximate surface area is 126 Å². The number of alkyl halides is 1. The molecule has 0 saturated heterocycles. The molecule has 1 heterocycles. The molecule has 0 spiro atoms. The monoisotopic (exact) mass is 300 g/mol. The van der Waals surface area contributed by atoms with Crippen LogP contribution in [-0.2, 0) is 12.3 Å². The minimum absolute atomic E-state index is 0.543. The molecule has 1 aliphatic carbocycles. The topological polar surface area (TPSA) is 16.1 Å². The molecule has 1 aromatic heterocycles. The highest BCUT2D eigenvalue weighted by molar-refractivity contribution is 7.09. The van der Waals surface area contributed by atoms with E-state index in [9.17, 15) is 0 Å². The molecule has 0 atom stereocenters. The zero-order valence-electron chi connectivity index (χ0n) is 11.9. The molecular formula is C15H25ClN2S. The van der Waals surface area contributed by atoms with Crippen LogP contribution < -0.4 is 0 Å². The number of hydrogen-bond donors (Lipinski definition) is 0. The molecule has 0 bridgehead atoms. The van der Waals surface area contributed by atoms with Crippen LogP contribution in [0.5, 0.6) is 0 Å². The van der Waals surface area contributed by atoms with Gasteiger partial charge in [0.2, 0.25) is 0 Å². The molecule has 0 unspecified atom stereocenters. The molecule has 1 fully saturated rings. The van der Waals surface area contributed by atoms with E-state index < -0.39 is 0 Å². The Hall–Kier alpha value is -0.120. The fourth-order valence-electron chi connectivity index (χ4n) is 2.98. The van der Waals surface area contributed by atoms with Crippen LogP contribution in [0.3, 0.4) is 0 Å². The predicted octanol–water partition coefficient (Wildman–Crippen LogP) is 4.47. The molecule has 0 amide bonds. The molecule has 1 aromatic rings. The summed E-state index contributed by atoms with van der Waals surface area (Å²) >= 11 is 7.53. The molecule has 1 saturated carbocycles. The maximum atomic E-state index is 5.77. The number of aryl methyl sites for hydroxylation is 1. The molecule has 0 aliphatic heterocycles. The summed E-state index contributed by atoms with van der Waals surface area (Å²) < 4.78 is 0. The van der Waals surface area contributed by atoms with Gasteiger partial charge >= 0.3 is 0 Å². The van der Waals surface area contributed by atoms with E-state index >= 15 is 0 Å². The smallest absolute Gasteiger partial charge is 0.0928 e. The van der Waals surface area contributed by atoms with Crippen molar-refractivity contribution < 1.29 is 0 Å². The van der Waals surface area contributed by atoms with Crippen LogP contribution in [0.25, 0.3) is 0 Å². The fraction of sp³-hybridized carbons (Fsp3) is 0.800. The number of halogens is 1. The lowest BCUT2D eigenvalue weighted by Gasteiger charge is -2.27. The molecule has 0 aromatic carbocycles. The van der Waals surface area contributed by atoms with Crippen LogP contribution in [0.15, 0.2) is 5.38 Å². The molecule has 1 aliphatic rings. The lowest BCUT2D eigenvalue weighted by molar-refractivity contribution is 0.205. The molecule has 2 rings (SSSR count). The zero-order valence-corrected chi connectivity index (χ0v) is 13.5. The van der Waals surface area contributed by atoms with E-state index in [-0.39, 0.29) is 0 Å². The van der Waals surface area contributed by atoms with Gasteiger partial charge in [-0.2, -0.15) is 0 Å². The normalized spacial score (nSPS) is 16.6. The minimum Gasteiger partial charge on any atom is -0.301 e. The SMILES string of the molecule is CCN(CCCCc1nc(CCl)cs1)C1CCCC1. The van der Waals surface area contributed by atoms with Crippen LogP contribution in [0.4, 0.5) is 0 Å². The molecule has 108 valence electrons. The summed E-state index contributed by atoms with van der Waals surface area (Å²) in [5.41, 5.74) is 1.03. The van der Waals surface area contributed by atoms with Crippen molar-refractivity contribution in [3.05, 3.63) is 16.1 Å². The van der Waals surface area contributed by atoms with Crippen molar-refractivity contribution in [2.75, 3.05) is 13.1 Å². The van der Waals surface area contributed by atoms with E-state index in [2.05, 4.69) is 22.2 Å². The Morgan fingerprint density at radius 2 is 2.16 bits per heavy atom. The Bertz CT molecular complexity index is 361. The average Bonchev–Trinajstić information content (AvgIpc) is 3.09. The standard InChI is InChI=1S/C15H25ClN2S/c1-2-18(14-7-3-4-8-14)10-6-5-9-15-17-13(11-16)12-19-15/h12,14H,2-11H2,1H3. The quantitative estimate of drug-likeness (QED) is 0.520. The van der Waals surface area contributed by atoms with Gasteiger partial charge in [-0.1, -0.05) is 19.8 Å². The summed E-state index contributed by atoms with van der Waals surface area (Å²) in [4.78, 5) is 7.20. The number of thiazole rings is 1. The third kappa shape index (κ3) is 4.73. The first-order valence-electron chi connectivity index (χ1n) is 7.56. The Balaban J connectivity index is 1.64. The molecule has 19 heavy (non-hydrogen) atoms. The fourth-order valence-corrected chi connectivity index (χ4v) is 4.05. The van der Waals surface area contributed by atoms with Crippen LogP contribution in [0.2, 0.25) is 0 Å². The maximum absolute atomic E-state index is 5.77. The Kier molecular flexibility index (Phi) is 6.62. The van der Waals surface area contributed by atoms with E-state index in [4.69, 9.17) is 11.6 Å². The highest BCUT2D eigenvalue weighted by Crippen LogP contribution is 2.23. The van der Waals surface area contributed by atoms with Crippen molar-refractivity contribution in [3.63, 3.8) is 0 Å². The first-order chi connectivity index (χ1) is 9.33. The summed E-state index contributed by atoms with van der Waals surface area (Å²) in [6.45, 7) is 4.76. The first kappa shape index (κ1) is 15.3. The number of nitrogens with zero attached hydrogens (tertiary/aromatic N) is 2. The summed E-state index contributed by atoms with van der Waals surface area (Å²) in [5.74, 6) is 0.543. The van der Waals surface area contributed by atoms with E-state index in [1.807, 2.05) is 0 Å². The van der Waals surface area contributed by atoms with Crippen molar-refractivity contribution in [1.29, 1.82) is 0 Å². The Morgan fingerprint density at radius 1 is 1.37 bits per heavy atom. The van der Waals surface area contributed by atoms with Gasteiger partial charge < -0.3 is 4.90 Å². The maximum Gasteiger partial charge on any atom is 0.0928 e. The lowest BCUT2D eigenvalue weighted by atomic mass is 10.1. The molecule has 0 radical (unpaired) electrons. The second kappa shape index (κ2) is 8.23. The average molecular weight is 301 g/mol. The summed E-state index contributed by atoms with van der Waals surface area (Å²) in [6.07, 6.45) is 9.35. The number of hydrogen-bond acceptors (Lipinski definition) is 3. The van der Waals surface area contributed by atoms with Crippen molar-refractivity contribution >= 4 is 22.9 Å². The van der Waals surface area contributed by atoms with E-state index in [1.165, 1.54) is 56.6 Å². The van der Waals surface area contributed by atoms with Gasteiger partial charge in [0.05, 0.1) is 16.6 Å². The van der Waals surface area contributed by atoms with Crippen molar-refractivity contribution in [1.82, 2.24) is 9.88 Å². The van der Waals surface area contributed by atoms with Gasteiger partial charge in [0.1, 0.15) is 0 Å². The van der Waals surface area contributed by atoms with Crippen molar-refractivity contribution in [2.45, 2.75) is 63.8 Å². The van der Waals surface area contributed by atoms with Gasteiger partial charge in [-0.05, 0) is 45.2 Å². The highest BCUT2D eigenvalue weighted by Gasteiger charge is 2.20. The van der Waals surface area contributed by atoms with Crippen molar-refractivity contribution in [3.8, 4) is 0 Å². The molecule has 4 heteroatoms. The number of unbranched alkanes of at least 4 members (excludes halogenated alkanes) is 1. The minimum atomic E-state index is 0.543. The molecular weight excluding hydrogens is 276 g/mol. The lowest BCUT2D eigenvalue weighted by Crippen LogP contribution is -2.33. The van der Waals surface area contributed by atoms with Gasteiger partial charge in [0, 0.05) is 11.4 Å². The summed E-state index contributed by atoms with van der Waals surface area (Å²) in [5, 5.41) is 3.33. The van der Waals surface area contributed by atoms with E-state index in [0.717, 1.165) is 18.2 Å². The van der Waals surface area contributed by atoms with Gasteiger partial charge in [-0.25, -0.2) is 4.98 Å². The van der Waals surface area contributed by atoms with Gasteiger partial charge in [0.25, 0.3) is 0 Å². The van der Waals surface area contributed by atoms with Crippen LogP contribution >= 0.6 is 22.9 Å². The van der Waals surface area contributed by atoms with Gasteiger partial charge in [-0.15, -0.1) is 22.9 Å². The second-order valence-electron chi connectivity index (χ2n) is 5.39. The third-order valence-electron chi connectivity index (χ3n) is 4.07. The van der Waals surface area contributed by atoms with E-state index in [0.29, 0.717) is 5.88 Å². The van der Waals surface area contributed by atoms with Gasteiger partial charge in [-0.3, -0.25) is 0 Å². The van der Waals surface area contributed by atoms with Crippen molar-refractivity contribution in [2.24, 2.45) is 0 Å². The first-order valence-corrected chi connectivity index (χ1v) is 8.98. The molecule has 0 N–H and O–H groups in total. The summed E-state index contributed by atoms with van der Waals surface area (Å²) in [6, 6.07) is 0.868. The molecule has 2 nitrogen and oxygen atoms in total. The summed E-state index contributed by atoms with van der Waals surface area (Å²) in [7, 11) is 0. The van der Waals surface area contributed by atoms with Crippen LogP contribution in [-0.4, -0.2) is 29.0 Å².